The summed E-state index contributed by atoms with van der Waals surface area (Å²) in [5.74, 6) is 0.0995. The van der Waals surface area contributed by atoms with Crippen molar-refractivity contribution < 1.29 is 14.7 Å². The predicted octanol–water partition coefficient (Wildman–Crippen LogP) is 0.887. The van der Waals surface area contributed by atoms with E-state index in [-0.39, 0.29) is 5.41 Å². The standard InChI is InChI=1S/C9H18N2O3S/c1-9(2,3)5-15-4-6(7(12)13)11-8(10)14/h6H,4-5H2,1-3H3,(H,12,13)(H3,10,11,14)/t6-/m0/s1. The number of carboxylic acids is 1. The van der Waals surface area contributed by atoms with Crippen molar-refractivity contribution in [2.45, 2.75) is 26.8 Å². The number of primary amides is 1. The smallest absolute Gasteiger partial charge is 0.327 e. The Morgan fingerprint density at radius 1 is 1.47 bits per heavy atom. The fraction of sp³-hybridized carbons (Fsp3) is 0.778. The molecule has 6 heteroatoms. The summed E-state index contributed by atoms with van der Waals surface area (Å²) in [5, 5.41) is 11.0. The Hall–Kier alpha value is -0.910. The maximum absolute atomic E-state index is 10.7. The Balaban J connectivity index is 3.98. The average molecular weight is 234 g/mol. The molecule has 0 unspecified atom stereocenters. The van der Waals surface area contributed by atoms with Crippen LogP contribution in [0.15, 0.2) is 0 Å². The highest BCUT2D eigenvalue weighted by Crippen LogP contribution is 2.20. The van der Waals surface area contributed by atoms with Crippen molar-refractivity contribution in [3.63, 3.8) is 0 Å². The SMILES string of the molecule is CC(C)(C)CSC[C@H](NC(N)=O)C(=O)O. The number of aliphatic carboxylic acids is 1. The Kier molecular flexibility index (Phi) is 5.49. The number of carbonyl (C=O) groups is 2. The third kappa shape index (κ3) is 8.11. The largest absolute Gasteiger partial charge is 0.480 e. The summed E-state index contributed by atoms with van der Waals surface area (Å²) in [6, 6.07) is -1.71. The zero-order valence-corrected chi connectivity index (χ0v) is 10.1. The molecule has 15 heavy (non-hydrogen) atoms. The van der Waals surface area contributed by atoms with Gasteiger partial charge in [-0.15, -0.1) is 0 Å². The first-order valence-electron chi connectivity index (χ1n) is 4.59. The van der Waals surface area contributed by atoms with E-state index in [2.05, 4.69) is 26.1 Å². The van der Waals surface area contributed by atoms with Crippen LogP contribution >= 0.6 is 11.8 Å². The van der Waals surface area contributed by atoms with Crippen LogP contribution in [0.4, 0.5) is 4.79 Å². The monoisotopic (exact) mass is 234 g/mol. The minimum absolute atomic E-state index is 0.139. The minimum Gasteiger partial charge on any atom is -0.480 e. The van der Waals surface area contributed by atoms with E-state index in [0.29, 0.717) is 5.75 Å². The first-order chi connectivity index (χ1) is 6.72. The van der Waals surface area contributed by atoms with Crippen LogP contribution in [0.1, 0.15) is 20.8 Å². The number of rotatable bonds is 5. The fourth-order valence-electron chi connectivity index (χ4n) is 0.829. The van der Waals surface area contributed by atoms with E-state index in [1.165, 1.54) is 11.8 Å². The van der Waals surface area contributed by atoms with E-state index < -0.39 is 18.0 Å². The number of urea groups is 1. The van der Waals surface area contributed by atoms with Crippen LogP contribution in [0.5, 0.6) is 0 Å². The van der Waals surface area contributed by atoms with Crippen molar-refractivity contribution in [1.82, 2.24) is 5.32 Å². The number of hydrogen-bond acceptors (Lipinski definition) is 3. The number of thioether (sulfide) groups is 1. The second-order valence-corrected chi connectivity index (χ2v) is 5.51. The van der Waals surface area contributed by atoms with Crippen LogP contribution < -0.4 is 11.1 Å². The molecule has 0 saturated carbocycles. The normalized spacial score (nSPS) is 13.3. The first-order valence-corrected chi connectivity index (χ1v) is 5.74. The van der Waals surface area contributed by atoms with Crippen molar-refractivity contribution in [3.8, 4) is 0 Å². The molecule has 0 aliphatic carbocycles. The van der Waals surface area contributed by atoms with E-state index in [1.807, 2.05) is 0 Å². The zero-order chi connectivity index (χ0) is 12.1. The van der Waals surface area contributed by atoms with E-state index in [4.69, 9.17) is 10.8 Å². The van der Waals surface area contributed by atoms with Gasteiger partial charge in [-0.05, 0) is 11.2 Å². The minimum atomic E-state index is -1.06. The van der Waals surface area contributed by atoms with E-state index in [1.54, 1.807) is 0 Å². The number of nitrogens with one attached hydrogen (secondary N) is 1. The molecule has 0 aliphatic heterocycles. The number of hydrogen-bond donors (Lipinski definition) is 3. The van der Waals surface area contributed by atoms with Gasteiger partial charge in [-0.25, -0.2) is 9.59 Å². The highest BCUT2D eigenvalue weighted by molar-refractivity contribution is 7.99. The molecule has 5 nitrogen and oxygen atoms in total. The van der Waals surface area contributed by atoms with Gasteiger partial charge >= 0.3 is 12.0 Å². The number of carboxylic acid groups (broad SMARTS) is 1. The molecule has 0 aromatic carbocycles. The highest BCUT2D eigenvalue weighted by atomic mass is 32.2. The van der Waals surface area contributed by atoms with Gasteiger partial charge in [-0.2, -0.15) is 11.8 Å². The lowest BCUT2D eigenvalue weighted by atomic mass is 10.0. The zero-order valence-electron chi connectivity index (χ0n) is 9.24. The van der Waals surface area contributed by atoms with Crippen LogP contribution in [-0.4, -0.2) is 34.7 Å². The van der Waals surface area contributed by atoms with Crippen LogP contribution in [-0.2, 0) is 4.79 Å². The van der Waals surface area contributed by atoms with Gasteiger partial charge in [0.05, 0.1) is 0 Å². The summed E-state index contributed by atoms with van der Waals surface area (Å²) in [5.41, 5.74) is 5.01. The molecule has 0 aromatic rings. The summed E-state index contributed by atoms with van der Waals surface area (Å²) in [6.07, 6.45) is 0. The third-order valence-corrected chi connectivity index (χ3v) is 3.07. The molecule has 0 heterocycles. The summed E-state index contributed by atoms with van der Waals surface area (Å²) in [4.78, 5) is 21.2. The van der Waals surface area contributed by atoms with Crippen LogP contribution in [0.25, 0.3) is 0 Å². The van der Waals surface area contributed by atoms with Gasteiger partial charge in [0.1, 0.15) is 6.04 Å². The second-order valence-electron chi connectivity index (χ2n) is 4.48. The molecule has 4 N–H and O–H groups in total. The topological polar surface area (TPSA) is 92.4 Å². The summed E-state index contributed by atoms with van der Waals surface area (Å²) in [7, 11) is 0. The van der Waals surface area contributed by atoms with Gasteiger partial charge in [-0.3, -0.25) is 0 Å². The Bertz CT molecular complexity index is 238. The van der Waals surface area contributed by atoms with E-state index >= 15 is 0 Å². The first kappa shape index (κ1) is 14.1. The van der Waals surface area contributed by atoms with E-state index in [0.717, 1.165) is 5.75 Å². The number of nitrogens with two attached hydrogens (primary N) is 1. The summed E-state index contributed by atoms with van der Waals surface area (Å²) in [6.45, 7) is 6.20. The molecule has 88 valence electrons. The summed E-state index contributed by atoms with van der Waals surface area (Å²) < 4.78 is 0. The van der Waals surface area contributed by atoms with Gasteiger partial charge in [0, 0.05) is 5.75 Å². The molecule has 0 spiro atoms. The highest BCUT2D eigenvalue weighted by Gasteiger charge is 2.20. The van der Waals surface area contributed by atoms with Gasteiger partial charge in [0.15, 0.2) is 0 Å². The Morgan fingerprint density at radius 2 is 2.00 bits per heavy atom. The molecule has 1 atom stereocenters. The Labute approximate surface area is 93.8 Å². The van der Waals surface area contributed by atoms with Gasteiger partial charge in [0.2, 0.25) is 0 Å². The van der Waals surface area contributed by atoms with Crippen molar-refractivity contribution in [1.29, 1.82) is 0 Å². The maximum atomic E-state index is 10.7. The van der Waals surface area contributed by atoms with E-state index in [9.17, 15) is 9.59 Å². The molecule has 0 radical (unpaired) electrons. The third-order valence-electron chi connectivity index (χ3n) is 1.43. The molecule has 0 fully saturated rings. The van der Waals surface area contributed by atoms with Gasteiger partial charge in [-0.1, -0.05) is 20.8 Å². The molecule has 0 saturated heterocycles. The fourth-order valence-corrected chi connectivity index (χ4v) is 2.02. The number of carbonyl (C=O) groups excluding carboxylic acids is 1. The predicted molar refractivity (Wildman–Crippen MR) is 60.9 cm³/mol. The van der Waals surface area contributed by atoms with Crippen LogP contribution in [0.2, 0.25) is 0 Å². The lowest BCUT2D eigenvalue weighted by molar-refractivity contribution is -0.138. The molecular formula is C9H18N2O3S. The lowest BCUT2D eigenvalue weighted by Gasteiger charge is -2.19. The molecule has 0 aliphatic rings. The second kappa shape index (κ2) is 5.85. The average Bonchev–Trinajstić information content (AvgIpc) is 1.99. The lowest BCUT2D eigenvalue weighted by Crippen LogP contribution is -2.45. The maximum Gasteiger partial charge on any atom is 0.327 e. The Morgan fingerprint density at radius 3 is 2.33 bits per heavy atom. The molecular weight excluding hydrogens is 216 g/mol. The van der Waals surface area contributed by atoms with Crippen molar-refractivity contribution in [2.24, 2.45) is 11.1 Å². The van der Waals surface area contributed by atoms with Gasteiger partial charge in [0.25, 0.3) is 0 Å². The number of amides is 2. The quantitative estimate of drug-likeness (QED) is 0.658. The van der Waals surface area contributed by atoms with Crippen molar-refractivity contribution >= 4 is 23.8 Å². The van der Waals surface area contributed by atoms with Crippen molar-refractivity contribution in [2.75, 3.05) is 11.5 Å². The van der Waals surface area contributed by atoms with Crippen molar-refractivity contribution in [3.05, 3.63) is 0 Å². The molecule has 0 bridgehead atoms. The van der Waals surface area contributed by atoms with Gasteiger partial charge < -0.3 is 16.2 Å². The summed E-state index contributed by atoms with van der Waals surface area (Å²) >= 11 is 1.49. The molecule has 0 rings (SSSR count). The molecule has 0 aromatic heterocycles. The molecule has 2 amide bonds. The van der Waals surface area contributed by atoms with Crippen LogP contribution in [0, 0.1) is 5.41 Å². The van der Waals surface area contributed by atoms with Crippen LogP contribution in [0.3, 0.4) is 0 Å².